The normalized spacial score (nSPS) is 12.8. The monoisotopic (exact) mass is 568 g/mol. The number of azo groups is 1. The lowest BCUT2D eigenvalue weighted by atomic mass is 10.2. The second-order valence-corrected chi connectivity index (χ2v) is 11.8. The highest BCUT2D eigenvalue weighted by Gasteiger charge is 2.22. The first kappa shape index (κ1) is 27.6. The predicted molar refractivity (Wildman–Crippen MR) is 137 cm³/mol. The van der Waals surface area contributed by atoms with Crippen molar-refractivity contribution in [1.29, 1.82) is 0 Å². The van der Waals surface area contributed by atoms with Crippen molar-refractivity contribution in [3.63, 3.8) is 0 Å². The maximum atomic E-state index is 11.9. The molecule has 3 aromatic rings. The van der Waals surface area contributed by atoms with Gasteiger partial charge in [0.05, 0.1) is 38.9 Å². The largest absolute Gasteiger partial charge is 0.396 e. The minimum Gasteiger partial charge on any atom is -0.396 e. The molecular weight excluding hydrogens is 548 g/mol. The zero-order valence-electron chi connectivity index (χ0n) is 18.5. The van der Waals surface area contributed by atoms with Crippen LogP contribution in [0.15, 0.2) is 84.5 Å². The van der Waals surface area contributed by atoms with Crippen molar-refractivity contribution in [1.82, 2.24) is 0 Å². The van der Waals surface area contributed by atoms with Crippen LogP contribution in [0.1, 0.15) is 0 Å². The highest BCUT2D eigenvalue weighted by molar-refractivity contribution is 7.89. The SMILES string of the molecule is Nc1c(N=CNc2ccc(S(N)(=O)=O)cc2)cc(S(=O)(=O)O)c(N)c1N=Nc1ccc(S(N)(=O)=O)cc1. The molecule has 0 spiro atoms. The van der Waals surface area contributed by atoms with Gasteiger partial charge in [-0.05, 0) is 54.6 Å². The highest BCUT2D eigenvalue weighted by Crippen LogP contribution is 2.42. The molecule has 0 saturated carbocycles. The van der Waals surface area contributed by atoms with Crippen molar-refractivity contribution < 1.29 is 29.8 Å². The molecule has 0 heterocycles. The van der Waals surface area contributed by atoms with Crippen molar-refractivity contribution >= 4 is 70.6 Å². The number of nitrogens with two attached hydrogens (primary N) is 4. The van der Waals surface area contributed by atoms with Gasteiger partial charge in [-0.3, -0.25) is 4.55 Å². The number of aliphatic imine (C=N–C) groups is 1. The van der Waals surface area contributed by atoms with E-state index in [1.165, 1.54) is 48.5 Å². The molecule has 0 radical (unpaired) electrons. The topological polar surface area (TPSA) is 276 Å². The molecule has 0 saturated heterocycles. The third-order valence-electron chi connectivity index (χ3n) is 4.65. The van der Waals surface area contributed by atoms with Gasteiger partial charge >= 0.3 is 0 Å². The summed E-state index contributed by atoms with van der Waals surface area (Å²) in [6, 6.07) is 11.2. The fourth-order valence-corrected chi connectivity index (χ4v) is 4.48. The van der Waals surface area contributed by atoms with Gasteiger partial charge in [-0.25, -0.2) is 32.1 Å². The molecule has 196 valence electrons. The number of rotatable bonds is 8. The van der Waals surface area contributed by atoms with E-state index in [1.54, 1.807) is 0 Å². The van der Waals surface area contributed by atoms with Crippen LogP contribution in [0.5, 0.6) is 0 Å². The van der Waals surface area contributed by atoms with Gasteiger partial charge < -0.3 is 16.8 Å². The number of benzene rings is 3. The molecule has 10 N–H and O–H groups in total. The third-order valence-corrected chi connectivity index (χ3v) is 7.40. The summed E-state index contributed by atoms with van der Waals surface area (Å²) in [7, 11) is -12.6. The smallest absolute Gasteiger partial charge is 0.296 e. The number of nitrogens with one attached hydrogen (secondary N) is 1. The number of hydrogen-bond acceptors (Lipinski definition) is 11. The van der Waals surface area contributed by atoms with Crippen LogP contribution in [0.25, 0.3) is 0 Å². The van der Waals surface area contributed by atoms with Crippen LogP contribution in [-0.2, 0) is 30.2 Å². The molecule has 0 aromatic heterocycles. The van der Waals surface area contributed by atoms with Crippen molar-refractivity contribution in [2.24, 2.45) is 25.5 Å². The Bertz CT molecular complexity index is 1720. The van der Waals surface area contributed by atoms with Gasteiger partial charge in [0.25, 0.3) is 10.1 Å². The first-order chi connectivity index (χ1) is 17.1. The highest BCUT2D eigenvalue weighted by atomic mass is 32.2. The second kappa shape index (κ2) is 10.2. The fourth-order valence-electron chi connectivity index (χ4n) is 2.82. The van der Waals surface area contributed by atoms with Crippen LogP contribution in [0.2, 0.25) is 0 Å². The summed E-state index contributed by atoms with van der Waals surface area (Å²) in [6.45, 7) is 0. The Kier molecular flexibility index (Phi) is 7.62. The van der Waals surface area contributed by atoms with Gasteiger partial charge in [-0.2, -0.15) is 13.5 Å². The van der Waals surface area contributed by atoms with E-state index < -0.39 is 40.7 Å². The number of hydrogen-bond donors (Lipinski definition) is 6. The van der Waals surface area contributed by atoms with Crippen LogP contribution < -0.4 is 27.1 Å². The minimum atomic E-state index is -4.82. The maximum Gasteiger partial charge on any atom is 0.296 e. The molecule has 0 atom stereocenters. The zero-order chi connectivity index (χ0) is 27.6. The summed E-state index contributed by atoms with van der Waals surface area (Å²) in [6.07, 6.45) is 1.12. The predicted octanol–water partition coefficient (Wildman–Crippen LogP) is 1.58. The van der Waals surface area contributed by atoms with E-state index in [-0.39, 0.29) is 32.5 Å². The van der Waals surface area contributed by atoms with E-state index in [2.05, 4.69) is 20.5 Å². The number of nitrogen functional groups attached to an aromatic ring is 2. The standard InChI is InChI=1S/C19H20N8O7S3/c20-17-15(25-10-24-11-1-5-13(6-2-11)35(22,28)29)9-16(37(32,33)34)18(21)19(17)27-26-12-3-7-14(8-4-12)36(23,30)31/h1-10H,20-21H2,(H,24,25)(H2,22,28,29)(H2,23,30,31)(H,32,33,34). The summed E-state index contributed by atoms with van der Waals surface area (Å²) < 4.78 is 78.7. The Hall–Kier alpha value is -3.94. The molecule has 0 amide bonds. The van der Waals surface area contributed by atoms with Gasteiger partial charge in [0, 0.05) is 5.69 Å². The van der Waals surface area contributed by atoms with Crippen LogP contribution >= 0.6 is 0 Å². The molecule has 37 heavy (non-hydrogen) atoms. The van der Waals surface area contributed by atoms with E-state index in [0.717, 1.165) is 12.4 Å². The van der Waals surface area contributed by atoms with E-state index in [1.807, 2.05) is 0 Å². The number of sulfonamides is 2. The number of nitrogens with zero attached hydrogens (tertiary/aromatic N) is 3. The van der Waals surface area contributed by atoms with Crippen molar-refractivity contribution in [2.75, 3.05) is 16.8 Å². The molecule has 0 aliphatic heterocycles. The molecule has 18 heteroatoms. The molecule has 3 aromatic carbocycles. The first-order valence-electron chi connectivity index (χ1n) is 9.73. The van der Waals surface area contributed by atoms with Crippen LogP contribution in [0.3, 0.4) is 0 Å². The molecule has 15 nitrogen and oxygen atoms in total. The van der Waals surface area contributed by atoms with Gasteiger partial charge in [-0.15, -0.1) is 5.11 Å². The Morgan fingerprint density at radius 1 is 0.757 bits per heavy atom. The summed E-state index contributed by atoms with van der Waals surface area (Å²) in [4.78, 5) is 3.02. The van der Waals surface area contributed by atoms with Gasteiger partial charge in [0.15, 0.2) is 0 Å². The Labute approximate surface area is 211 Å². The van der Waals surface area contributed by atoms with Crippen molar-refractivity contribution in [3.8, 4) is 0 Å². The lowest BCUT2D eigenvalue weighted by Gasteiger charge is -2.11. The van der Waals surface area contributed by atoms with Gasteiger partial charge in [0.2, 0.25) is 20.0 Å². The van der Waals surface area contributed by atoms with E-state index >= 15 is 0 Å². The molecule has 0 bridgehead atoms. The lowest BCUT2D eigenvalue weighted by Crippen LogP contribution is -2.11. The summed E-state index contributed by atoms with van der Waals surface area (Å²) in [5.74, 6) is 0. The van der Waals surface area contributed by atoms with E-state index in [0.29, 0.717) is 5.69 Å². The number of anilines is 3. The minimum absolute atomic E-state index is 0.107. The molecule has 0 unspecified atom stereocenters. The zero-order valence-corrected chi connectivity index (χ0v) is 21.0. The van der Waals surface area contributed by atoms with Crippen LogP contribution in [-0.4, -0.2) is 36.1 Å². The molecular formula is C19H20N8O7S3. The van der Waals surface area contributed by atoms with Crippen molar-refractivity contribution in [2.45, 2.75) is 14.7 Å². The molecule has 0 aliphatic rings. The fraction of sp³-hybridized carbons (Fsp3) is 0. The Morgan fingerprint density at radius 3 is 1.76 bits per heavy atom. The Morgan fingerprint density at radius 2 is 1.27 bits per heavy atom. The van der Waals surface area contributed by atoms with Crippen LogP contribution in [0.4, 0.5) is 34.1 Å². The lowest BCUT2D eigenvalue weighted by molar-refractivity contribution is 0.483. The average Bonchev–Trinajstić information content (AvgIpc) is 2.79. The van der Waals surface area contributed by atoms with Crippen molar-refractivity contribution in [3.05, 3.63) is 54.6 Å². The average molecular weight is 569 g/mol. The molecule has 0 fully saturated rings. The van der Waals surface area contributed by atoms with Gasteiger partial charge in [0.1, 0.15) is 10.6 Å². The second-order valence-electron chi connectivity index (χ2n) is 7.26. The first-order valence-corrected chi connectivity index (χ1v) is 14.3. The third kappa shape index (κ3) is 6.84. The summed E-state index contributed by atoms with van der Waals surface area (Å²) in [5, 5.41) is 20.5. The maximum absolute atomic E-state index is 11.9. The number of primary sulfonamides is 2. The van der Waals surface area contributed by atoms with Crippen LogP contribution in [0, 0.1) is 0 Å². The summed E-state index contributed by atoms with van der Waals surface area (Å²) in [5.41, 5.74) is 11.3. The summed E-state index contributed by atoms with van der Waals surface area (Å²) >= 11 is 0. The van der Waals surface area contributed by atoms with Gasteiger partial charge in [-0.1, -0.05) is 0 Å². The Balaban J connectivity index is 1.96. The van der Waals surface area contributed by atoms with E-state index in [9.17, 15) is 29.8 Å². The van der Waals surface area contributed by atoms with E-state index in [4.69, 9.17) is 21.7 Å². The molecule has 0 aliphatic carbocycles. The quantitative estimate of drug-likeness (QED) is 0.0749. The molecule has 3 rings (SSSR count).